The summed E-state index contributed by atoms with van der Waals surface area (Å²) in [6.45, 7) is 4.28. The lowest BCUT2D eigenvalue weighted by atomic mass is 9.86. The molecule has 0 saturated carbocycles. The van der Waals surface area contributed by atoms with E-state index in [1.165, 1.54) is 57.4 Å². The van der Waals surface area contributed by atoms with Crippen molar-refractivity contribution in [2.75, 3.05) is 0 Å². The highest BCUT2D eigenvalue weighted by Gasteiger charge is 2.23. The lowest BCUT2D eigenvalue weighted by molar-refractivity contribution is 0.0650. The molecule has 0 amide bonds. The van der Waals surface area contributed by atoms with Crippen molar-refractivity contribution < 1.29 is 19.8 Å². The van der Waals surface area contributed by atoms with E-state index in [2.05, 4.69) is 6.92 Å². The van der Waals surface area contributed by atoms with Crippen molar-refractivity contribution in [1.82, 2.24) is 0 Å². The summed E-state index contributed by atoms with van der Waals surface area (Å²) in [5.41, 5.74) is 0.520. The first-order valence-corrected chi connectivity index (χ1v) is 10.6. The van der Waals surface area contributed by atoms with Gasteiger partial charge in [-0.25, -0.2) is 9.59 Å². The standard InChI is InChI=1S/C23H36O4/c1-3-5-6-7-8-9-10-11-12-13-15-18(4-2)19-16-14-17-20(22(24)25)21(19)23(26)27/h14,16-18H,3-13,15H2,1-2H3,(H,24,25)(H,26,27). The van der Waals surface area contributed by atoms with E-state index in [1.807, 2.05) is 6.92 Å². The smallest absolute Gasteiger partial charge is 0.336 e. The van der Waals surface area contributed by atoms with Crippen molar-refractivity contribution >= 4 is 11.9 Å². The summed E-state index contributed by atoms with van der Waals surface area (Å²) < 4.78 is 0. The monoisotopic (exact) mass is 376 g/mol. The van der Waals surface area contributed by atoms with Crippen molar-refractivity contribution in [3.05, 3.63) is 34.9 Å². The van der Waals surface area contributed by atoms with Crippen LogP contribution in [0.5, 0.6) is 0 Å². The molecule has 0 aliphatic heterocycles. The van der Waals surface area contributed by atoms with Gasteiger partial charge >= 0.3 is 11.9 Å². The first-order chi connectivity index (χ1) is 13.0. The Morgan fingerprint density at radius 3 is 1.85 bits per heavy atom. The second kappa shape index (κ2) is 13.3. The van der Waals surface area contributed by atoms with E-state index >= 15 is 0 Å². The topological polar surface area (TPSA) is 74.6 Å². The zero-order valence-electron chi connectivity index (χ0n) is 17.0. The molecule has 4 heteroatoms. The molecule has 0 radical (unpaired) electrons. The number of hydrogen-bond acceptors (Lipinski definition) is 2. The van der Waals surface area contributed by atoms with Gasteiger partial charge in [-0.3, -0.25) is 0 Å². The van der Waals surface area contributed by atoms with Gasteiger partial charge in [-0.1, -0.05) is 90.2 Å². The highest BCUT2D eigenvalue weighted by molar-refractivity contribution is 6.02. The molecule has 0 heterocycles. The van der Waals surface area contributed by atoms with Crippen LogP contribution in [0.4, 0.5) is 0 Å². The van der Waals surface area contributed by atoms with Crippen LogP contribution in [-0.4, -0.2) is 22.2 Å². The van der Waals surface area contributed by atoms with E-state index in [4.69, 9.17) is 0 Å². The van der Waals surface area contributed by atoms with Crippen LogP contribution in [0.2, 0.25) is 0 Å². The molecule has 27 heavy (non-hydrogen) atoms. The van der Waals surface area contributed by atoms with Gasteiger partial charge < -0.3 is 10.2 Å². The molecule has 0 fully saturated rings. The average molecular weight is 377 g/mol. The molecule has 1 unspecified atom stereocenters. The third-order valence-corrected chi connectivity index (χ3v) is 5.38. The number of carboxylic acid groups (broad SMARTS) is 2. The number of rotatable bonds is 15. The molecule has 0 aliphatic rings. The third-order valence-electron chi connectivity index (χ3n) is 5.38. The van der Waals surface area contributed by atoms with Gasteiger partial charge in [0, 0.05) is 0 Å². The van der Waals surface area contributed by atoms with E-state index in [0.717, 1.165) is 25.7 Å². The van der Waals surface area contributed by atoms with Crippen molar-refractivity contribution in [2.24, 2.45) is 0 Å². The lowest BCUT2D eigenvalue weighted by Crippen LogP contribution is -2.14. The Morgan fingerprint density at radius 2 is 1.37 bits per heavy atom. The number of benzene rings is 1. The Morgan fingerprint density at radius 1 is 0.815 bits per heavy atom. The highest BCUT2D eigenvalue weighted by Crippen LogP contribution is 2.30. The second-order valence-electron chi connectivity index (χ2n) is 7.46. The van der Waals surface area contributed by atoms with Crippen LogP contribution < -0.4 is 0 Å². The lowest BCUT2D eigenvalue weighted by Gasteiger charge is -2.19. The van der Waals surface area contributed by atoms with Gasteiger partial charge in [0.15, 0.2) is 0 Å². The first kappa shape index (κ1) is 23.2. The summed E-state index contributed by atoms with van der Waals surface area (Å²) in [5, 5.41) is 18.8. The largest absolute Gasteiger partial charge is 0.478 e. The number of carbonyl (C=O) groups is 2. The van der Waals surface area contributed by atoms with Crippen molar-refractivity contribution in [2.45, 2.75) is 96.8 Å². The molecule has 4 nitrogen and oxygen atoms in total. The van der Waals surface area contributed by atoms with Gasteiger partial charge in [-0.05, 0) is 30.4 Å². The predicted octanol–water partition coefficient (Wildman–Crippen LogP) is 6.89. The maximum atomic E-state index is 11.6. The van der Waals surface area contributed by atoms with Gasteiger partial charge in [0.1, 0.15) is 0 Å². The molecular formula is C23H36O4. The molecule has 0 aromatic heterocycles. The number of aromatic carboxylic acids is 2. The zero-order valence-corrected chi connectivity index (χ0v) is 17.0. The first-order valence-electron chi connectivity index (χ1n) is 10.6. The predicted molar refractivity (Wildman–Crippen MR) is 110 cm³/mol. The Balaban J connectivity index is 2.47. The summed E-state index contributed by atoms with van der Waals surface area (Å²) in [4.78, 5) is 23.0. The van der Waals surface area contributed by atoms with Crippen LogP contribution in [0.1, 0.15) is 123 Å². The number of carboxylic acids is 2. The summed E-state index contributed by atoms with van der Waals surface area (Å²) in [6.07, 6.45) is 14.4. The van der Waals surface area contributed by atoms with Crippen LogP contribution in [0.3, 0.4) is 0 Å². The molecule has 0 aliphatic carbocycles. The average Bonchev–Trinajstić information content (AvgIpc) is 2.65. The molecule has 0 spiro atoms. The second-order valence-corrected chi connectivity index (χ2v) is 7.46. The van der Waals surface area contributed by atoms with E-state index in [0.29, 0.717) is 5.56 Å². The minimum Gasteiger partial charge on any atom is -0.478 e. The molecular weight excluding hydrogens is 340 g/mol. The molecule has 2 N–H and O–H groups in total. The normalized spacial score (nSPS) is 12.1. The molecule has 1 rings (SSSR count). The van der Waals surface area contributed by atoms with E-state index in [-0.39, 0.29) is 17.0 Å². The van der Waals surface area contributed by atoms with Crippen LogP contribution >= 0.6 is 0 Å². The van der Waals surface area contributed by atoms with Crippen LogP contribution in [-0.2, 0) is 0 Å². The van der Waals surface area contributed by atoms with Crippen molar-refractivity contribution in [1.29, 1.82) is 0 Å². The summed E-state index contributed by atoms with van der Waals surface area (Å²) in [5.74, 6) is -2.22. The van der Waals surface area contributed by atoms with Gasteiger partial charge in [-0.15, -0.1) is 0 Å². The SMILES string of the molecule is CCCCCCCCCCCCC(CC)c1cccc(C(=O)O)c1C(=O)O. The van der Waals surface area contributed by atoms with Gasteiger partial charge in [0.25, 0.3) is 0 Å². The summed E-state index contributed by atoms with van der Waals surface area (Å²) >= 11 is 0. The van der Waals surface area contributed by atoms with Gasteiger partial charge in [0.05, 0.1) is 11.1 Å². The number of unbranched alkanes of at least 4 members (excludes halogenated alkanes) is 9. The highest BCUT2D eigenvalue weighted by atomic mass is 16.4. The van der Waals surface area contributed by atoms with E-state index < -0.39 is 11.9 Å². The van der Waals surface area contributed by atoms with E-state index in [9.17, 15) is 19.8 Å². The zero-order chi connectivity index (χ0) is 20.1. The maximum Gasteiger partial charge on any atom is 0.336 e. The fourth-order valence-corrected chi connectivity index (χ4v) is 3.78. The minimum atomic E-state index is -1.18. The summed E-state index contributed by atoms with van der Waals surface area (Å²) in [7, 11) is 0. The Bertz CT molecular complexity index is 580. The van der Waals surface area contributed by atoms with Gasteiger partial charge in [0.2, 0.25) is 0 Å². The van der Waals surface area contributed by atoms with Crippen LogP contribution in [0, 0.1) is 0 Å². The van der Waals surface area contributed by atoms with E-state index in [1.54, 1.807) is 12.1 Å². The van der Waals surface area contributed by atoms with Crippen LogP contribution in [0.15, 0.2) is 18.2 Å². The quantitative estimate of drug-likeness (QED) is 0.327. The summed E-state index contributed by atoms with van der Waals surface area (Å²) in [6, 6.07) is 4.81. The van der Waals surface area contributed by atoms with Crippen molar-refractivity contribution in [3.63, 3.8) is 0 Å². The molecule has 1 atom stereocenters. The molecule has 1 aromatic rings. The molecule has 0 saturated heterocycles. The fraction of sp³-hybridized carbons (Fsp3) is 0.652. The molecule has 152 valence electrons. The maximum absolute atomic E-state index is 11.6. The Labute approximate surface area is 164 Å². The molecule has 0 bridgehead atoms. The molecule has 1 aromatic carbocycles. The van der Waals surface area contributed by atoms with Gasteiger partial charge in [-0.2, -0.15) is 0 Å². The third kappa shape index (κ3) is 8.15. The van der Waals surface area contributed by atoms with Crippen molar-refractivity contribution in [3.8, 4) is 0 Å². The fourth-order valence-electron chi connectivity index (χ4n) is 3.78. The minimum absolute atomic E-state index is 0.0380. The number of hydrogen-bond donors (Lipinski definition) is 2. The Kier molecular flexibility index (Phi) is 11.5. The Hall–Kier alpha value is -1.84. The van der Waals surface area contributed by atoms with Crippen LogP contribution in [0.25, 0.3) is 0 Å².